The fourth-order valence-corrected chi connectivity index (χ4v) is 1.84. The van der Waals surface area contributed by atoms with Gasteiger partial charge in [-0.15, -0.1) is 0 Å². The summed E-state index contributed by atoms with van der Waals surface area (Å²) in [5.41, 5.74) is 3.81. The van der Waals surface area contributed by atoms with Crippen molar-refractivity contribution in [2.45, 2.75) is 6.92 Å². The predicted molar refractivity (Wildman–Crippen MR) is 67.9 cm³/mol. The van der Waals surface area contributed by atoms with Gasteiger partial charge in [0.05, 0.1) is 18.7 Å². The van der Waals surface area contributed by atoms with Crippen molar-refractivity contribution in [3.8, 4) is 22.9 Å². The van der Waals surface area contributed by atoms with Gasteiger partial charge >= 0.3 is 0 Å². The molecule has 2 aromatic rings. The van der Waals surface area contributed by atoms with Gasteiger partial charge in [0.1, 0.15) is 5.75 Å². The minimum absolute atomic E-state index is 0.712. The normalized spacial score (nSPS) is 9.71. The summed E-state index contributed by atoms with van der Waals surface area (Å²) in [5, 5.41) is 8.91. The van der Waals surface area contributed by atoms with E-state index < -0.39 is 0 Å². The Morgan fingerprint density at radius 3 is 2.53 bits per heavy atom. The summed E-state index contributed by atoms with van der Waals surface area (Å²) >= 11 is 0. The number of rotatable bonds is 2. The molecule has 2 heteroatoms. The van der Waals surface area contributed by atoms with Gasteiger partial charge in [-0.1, -0.05) is 24.3 Å². The molecule has 17 heavy (non-hydrogen) atoms. The molecule has 2 nitrogen and oxygen atoms in total. The Kier molecular flexibility index (Phi) is 3.11. The summed E-state index contributed by atoms with van der Waals surface area (Å²) in [6.45, 7) is 1.94. The summed E-state index contributed by atoms with van der Waals surface area (Å²) in [6.07, 6.45) is 0. The van der Waals surface area contributed by atoms with Gasteiger partial charge < -0.3 is 4.74 Å². The van der Waals surface area contributed by atoms with Crippen molar-refractivity contribution >= 4 is 0 Å². The lowest BCUT2D eigenvalue weighted by Gasteiger charge is -2.09. The second-order valence-electron chi connectivity index (χ2n) is 3.84. The number of hydrogen-bond donors (Lipinski definition) is 0. The molecule has 84 valence electrons. The molecular formula is C15H13NO. The standard InChI is InChI=1S/C15H13NO/c1-11-9-12(7-8-13(11)10-16)14-5-3-4-6-15(14)17-2/h3-9H,1-2H3. The number of nitriles is 1. The number of benzene rings is 2. The second kappa shape index (κ2) is 4.71. The minimum Gasteiger partial charge on any atom is -0.496 e. The first-order valence-electron chi connectivity index (χ1n) is 5.40. The highest BCUT2D eigenvalue weighted by molar-refractivity contribution is 5.71. The molecule has 0 aliphatic rings. The Morgan fingerprint density at radius 2 is 1.88 bits per heavy atom. The minimum atomic E-state index is 0.712. The van der Waals surface area contributed by atoms with Gasteiger partial charge in [-0.2, -0.15) is 5.26 Å². The van der Waals surface area contributed by atoms with Gasteiger partial charge in [-0.05, 0) is 36.2 Å². The molecule has 0 atom stereocenters. The molecule has 0 aromatic heterocycles. The van der Waals surface area contributed by atoms with E-state index in [0.29, 0.717) is 5.56 Å². The van der Waals surface area contributed by atoms with Gasteiger partial charge in [0.2, 0.25) is 0 Å². The monoisotopic (exact) mass is 223 g/mol. The molecule has 2 rings (SSSR count). The van der Waals surface area contributed by atoms with Crippen LogP contribution in [0.4, 0.5) is 0 Å². The molecule has 0 spiro atoms. The first kappa shape index (κ1) is 11.2. The van der Waals surface area contributed by atoms with E-state index in [0.717, 1.165) is 22.4 Å². The molecule has 0 radical (unpaired) electrons. The molecular weight excluding hydrogens is 210 g/mol. The highest BCUT2D eigenvalue weighted by Crippen LogP contribution is 2.30. The molecule has 0 fully saturated rings. The Balaban J connectivity index is 2.54. The van der Waals surface area contributed by atoms with Gasteiger partial charge in [0.25, 0.3) is 0 Å². The summed E-state index contributed by atoms with van der Waals surface area (Å²) in [4.78, 5) is 0. The SMILES string of the molecule is COc1ccccc1-c1ccc(C#N)c(C)c1. The Hall–Kier alpha value is -2.27. The summed E-state index contributed by atoms with van der Waals surface area (Å²) < 4.78 is 5.33. The zero-order valence-corrected chi connectivity index (χ0v) is 9.90. The van der Waals surface area contributed by atoms with Gasteiger partial charge in [-0.3, -0.25) is 0 Å². The van der Waals surface area contributed by atoms with Crippen LogP contribution in [0, 0.1) is 18.3 Å². The van der Waals surface area contributed by atoms with E-state index in [1.165, 1.54) is 0 Å². The Labute approximate surface area is 101 Å². The first-order valence-corrected chi connectivity index (χ1v) is 5.40. The largest absolute Gasteiger partial charge is 0.496 e. The number of para-hydroxylation sites is 1. The molecule has 2 aromatic carbocycles. The van der Waals surface area contributed by atoms with Crippen LogP contribution < -0.4 is 4.74 Å². The van der Waals surface area contributed by atoms with E-state index in [1.54, 1.807) is 7.11 Å². The first-order chi connectivity index (χ1) is 8.26. The summed E-state index contributed by atoms with van der Waals surface area (Å²) in [7, 11) is 1.66. The fraction of sp³-hybridized carbons (Fsp3) is 0.133. The zero-order chi connectivity index (χ0) is 12.3. The van der Waals surface area contributed by atoms with E-state index in [2.05, 4.69) is 6.07 Å². The van der Waals surface area contributed by atoms with Crippen molar-refractivity contribution in [3.63, 3.8) is 0 Å². The van der Waals surface area contributed by atoms with Crippen molar-refractivity contribution in [2.75, 3.05) is 7.11 Å². The van der Waals surface area contributed by atoms with Gasteiger partial charge in [0.15, 0.2) is 0 Å². The van der Waals surface area contributed by atoms with Crippen LogP contribution in [0.2, 0.25) is 0 Å². The molecule has 0 saturated heterocycles. The molecule has 0 saturated carbocycles. The summed E-state index contributed by atoms with van der Waals surface area (Å²) in [5.74, 6) is 0.844. The van der Waals surface area contributed by atoms with Crippen LogP contribution in [-0.2, 0) is 0 Å². The highest BCUT2D eigenvalue weighted by atomic mass is 16.5. The van der Waals surface area contributed by atoms with E-state index in [9.17, 15) is 0 Å². The molecule has 0 unspecified atom stereocenters. The van der Waals surface area contributed by atoms with E-state index >= 15 is 0 Å². The van der Waals surface area contributed by atoms with Crippen LogP contribution >= 0.6 is 0 Å². The lowest BCUT2D eigenvalue weighted by molar-refractivity contribution is 0.416. The van der Waals surface area contributed by atoms with Gasteiger partial charge in [-0.25, -0.2) is 0 Å². The number of aryl methyl sites for hydroxylation is 1. The predicted octanol–water partition coefficient (Wildman–Crippen LogP) is 3.54. The fourth-order valence-electron chi connectivity index (χ4n) is 1.84. The number of nitrogens with zero attached hydrogens (tertiary/aromatic N) is 1. The average Bonchev–Trinajstić information content (AvgIpc) is 2.38. The van der Waals surface area contributed by atoms with Crippen LogP contribution in [0.3, 0.4) is 0 Å². The molecule has 0 bridgehead atoms. The van der Waals surface area contributed by atoms with Crippen LogP contribution in [0.15, 0.2) is 42.5 Å². The molecule has 0 heterocycles. The second-order valence-corrected chi connectivity index (χ2v) is 3.84. The van der Waals surface area contributed by atoms with Crippen molar-refractivity contribution < 1.29 is 4.74 Å². The molecule has 0 aliphatic heterocycles. The van der Waals surface area contributed by atoms with Crippen molar-refractivity contribution in [1.29, 1.82) is 5.26 Å². The number of ether oxygens (including phenoxy) is 1. The summed E-state index contributed by atoms with van der Waals surface area (Å²) in [6, 6.07) is 15.8. The number of hydrogen-bond acceptors (Lipinski definition) is 2. The van der Waals surface area contributed by atoms with E-state index in [1.807, 2.05) is 49.4 Å². The van der Waals surface area contributed by atoms with E-state index in [-0.39, 0.29) is 0 Å². The van der Waals surface area contributed by atoms with Crippen molar-refractivity contribution in [3.05, 3.63) is 53.6 Å². The maximum Gasteiger partial charge on any atom is 0.126 e. The maximum absolute atomic E-state index is 8.91. The highest BCUT2D eigenvalue weighted by Gasteiger charge is 2.06. The van der Waals surface area contributed by atoms with Crippen LogP contribution in [0.25, 0.3) is 11.1 Å². The Morgan fingerprint density at radius 1 is 1.12 bits per heavy atom. The van der Waals surface area contributed by atoms with E-state index in [4.69, 9.17) is 10.00 Å². The lowest BCUT2D eigenvalue weighted by Crippen LogP contribution is -1.89. The zero-order valence-electron chi connectivity index (χ0n) is 9.90. The maximum atomic E-state index is 8.91. The quantitative estimate of drug-likeness (QED) is 0.780. The average molecular weight is 223 g/mol. The van der Waals surface area contributed by atoms with Crippen LogP contribution in [0.5, 0.6) is 5.75 Å². The molecule has 0 amide bonds. The third kappa shape index (κ3) is 2.14. The van der Waals surface area contributed by atoms with Crippen molar-refractivity contribution in [1.82, 2.24) is 0 Å². The smallest absolute Gasteiger partial charge is 0.126 e. The third-order valence-corrected chi connectivity index (χ3v) is 2.76. The third-order valence-electron chi connectivity index (χ3n) is 2.76. The van der Waals surface area contributed by atoms with Crippen molar-refractivity contribution in [2.24, 2.45) is 0 Å². The number of methoxy groups -OCH3 is 1. The van der Waals surface area contributed by atoms with Gasteiger partial charge in [0, 0.05) is 5.56 Å². The molecule has 0 N–H and O–H groups in total. The van der Waals surface area contributed by atoms with Crippen LogP contribution in [0.1, 0.15) is 11.1 Å². The topological polar surface area (TPSA) is 33.0 Å². The van der Waals surface area contributed by atoms with Crippen LogP contribution in [-0.4, -0.2) is 7.11 Å². The lowest BCUT2D eigenvalue weighted by atomic mass is 10.00. The Bertz CT molecular complexity index is 582. The molecule has 0 aliphatic carbocycles.